The van der Waals surface area contributed by atoms with E-state index in [2.05, 4.69) is 4.72 Å². The van der Waals surface area contributed by atoms with Crippen LogP contribution >= 0.6 is 0 Å². The lowest BCUT2D eigenvalue weighted by Crippen LogP contribution is -2.14. The Morgan fingerprint density at radius 2 is 1.88 bits per heavy atom. The first-order valence-electron chi connectivity index (χ1n) is 7.38. The van der Waals surface area contributed by atoms with Crippen molar-refractivity contribution < 1.29 is 18.1 Å². The number of anilines is 1. The molecule has 0 saturated heterocycles. The third-order valence-corrected chi connectivity index (χ3v) is 5.38. The molecular weight excluding hydrogens is 332 g/mol. The van der Waals surface area contributed by atoms with Crippen molar-refractivity contribution >= 4 is 21.4 Å². The fourth-order valence-corrected chi connectivity index (χ4v) is 3.92. The van der Waals surface area contributed by atoms with E-state index in [4.69, 9.17) is 4.74 Å². The quantitative estimate of drug-likeness (QED) is 0.662. The Kier molecular flexibility index (Phi) is 4.15. The minimum Gasteiger partial charge on any atom is -0.495 e. The van der Waals surface area contributed by atoms with Gasteiger partial charge in [-0.3, -0.25) is 14.8 Å². The van der Waals surface area contributed by atoms with Crippen LogP contribution in [0.5, 0.6) is 5.75 Å². The molecule has 8 heteroatoms. The number of fused-ring (bicyclic) bond motifs is 1. The van der Waals surface area contributed by atoms with Crippen molar-refractivity contribution in [2.24, 2.45) is 0 Å². The summed E-state index contributed by atoms with van der Waals surface area (Å²) in [5.74, 6) is 0.213. The molecule has 24 heavy (non-hydrogen) atoms. The van der Waals surface area contributed by atoms with Gasteiger partial charge in [0.25, 0.3) is 15.7 Å². The zero-order valence-electron chi connectivity index (χ0n) is 13.0. The Bertz CT molecular complexity index is 909. The van der Waals surface area contributed by atoms with Gasteiger partial charge in [0.15, 0.2) is 0 Å². The van der Waals surface area contributed by atoms with Gasteiger partial charge in [-0.15, -0.1) is 0 Å². The van der Waals surface area contributed by atoms with Gasteiger partial charge in [0.05, 0.1) is 22.6 Å². The van der Waals surface area contributed by atoms with Crippen LogP contribution in [-0.4, -0.2) is 20.5 Å². The molecule has 0 unspecified atom stereocenters. The molecule has 0 heterocycles. The lowest BCUT2D eigenvalue weighted by atomic mass is 10.1. The van der Waals surface area contributed by atoms with E-state index in [1.807, 2.05) is 6.07 Å². The minimum atomic E-state index is -3.86. The summed E-state index contributed by atoms with van der Waals surface area (Å²) >= 11 is 0. The molecule has 2 aromatic rings. The monoisotopic (exact) mass is 348 g/mol. The van der Waals surface area contributed by atoms with Crippen LogP contribution in [0.25, 0.3) is 0 Å². The standard InChI is InChI=1S/C16H16N2O5S/c1-23-16-8-6-13(18(19)20)10-15(16)17-24(21,22)14-7-5-11-3-2-4-12(11)9-14/h5-10,17H,2-4H2,1H3. The number of nitrogens with zero attached hydrogens (tertiary/aromatic N) is 1. The highest BCUT2D eigenvalue weighted by molar-refractivity contribution is 7.92. The van der Waals surface area contributed by atoms with Gasteiger partial charge in [0, 0.05) is 12.1 Å². The Morgan fingerprint density at radius 3 is 2.58 bits per heavy atom. The van der Waals surface area contributed by atoms with Gasteiger partial charge in [-0.05, 0) is 48.6 Å². The molecule has 0 fully saturated rings. The number of aryl methyl sites for hydroxylation is 2. The van der Waals surface area contributed by atoms with Crippen LogP contribution in [0.4, 0.5) is 11.4 Å². The number of non-ortho nitro benzene ring substituents is 1. The Balaban J connectivity index is 1.97. The van der Waals surface area contributed by atoms with E-state index in [1.165, 1.54) is 24.8 Å². The van der Waals surface area contributed by atoms with Crippen molar-refractivity contribution in [3.8, 4) is 5.75 Å². The summed E-state index contributed by atoms with van der Waals surface area (Å²) in [7, 11) is -2.49. The number of hydrogen-bond acceptors (Lipinski definition) is 5. The second-order valence-electron chi connectivity index (χ2n) is 5.53. The summed E-state index contributed by atoms with van der Waals surface area (Å²) in [6, 6.07) is 8.79. The number of rotatable bonds is 5. The van der Waals surface area contributed by atoms with E-state index in [0.717, 1.165) is 30.9 Å². The third kappa shape index (κ3) is 3.05. The number of sulfonamides is 1. The molecule has 0 spiro atoms. The lowest BCUT2D eigenvalue weighted by Gasteiger charge is -2.12. The average Bonchev–Trinajstić information content (AvgIpc) is 3.02. The molecule has 0 amide bonds. The minimum absolute atomic E-state index is 0.0344. The van der Waals surface area contributed by atoms with Crippen LogP contribution < -0.4 is 9.46 Å². The van der Waals surface area contributed by atoms with Gasteiger partial charge >= 0.3 is 0 Å². The predicted octanol–water partition coefficient (Wildman–Crippen LogP) is 2.89. The SMILES string of the molecule is COc1ccc([N+](=O)[O-])cc1NS(=O)(=O)c1ccc2c(c1)CCC2. The van der Waals surface area contributed by atoms with Crippen LogP contribution in [-0.2, 0) is 22.9 Å². The van der Waals surface area contributed by atoms with Crippen molar-refractivity contribution in [3.05, 3.63) is 57.6 Å². The van der Waals surface area contributed by atoms with E-state index in [0.29, 0.717) is 0 Å². The number of methoxy groups -OCH3 is 1. The number of nitro benzene ring substituents is 1. The normalized spacial score (nSPS) is 13.4. The molecule has 1 N–H and O–H groups in total. The number of hydrogen-bond donors (Lipinski definition) is 1. The summed E-state index contributed by atoms with van der Waals surface area (Å²) < 4.78 is 32.7. The summed E-state index contributed by atoms with van der Waals surface area (Å²) in [4.78, 5) is 10.4. The van der Waals surface area contributed by atoms with Crippen molar-refractivity contribution in [2.45, 2.75) is 24.2 Å². The molecule has 1 aliphatic rings. The maximum Gasteiger partial charge on any atom is 0.271 e. The predicted molar refractivity (Wildman–Crippen MR) is 88.9 cm³/mol. The fraction of sp³-hybridized carbons (Fsp3) is 0.250. The van der Waals surface area contributed by atoms with Crippen molar-refractivity contribution in [1.82, 2.24) is 0 Å². The van der Waals surface area contributed by atoms with Crippen LogP contribution in [0.1, 0.15) is 17.5 Å². The maximum atomic E-state index is 12.6. The highest BCUT2D eigenvalue weighted by atomic mass is 32.2. The lowest BCUT2D eigenvalue weighted by molar-refractivity contribution is -0.384. The van der Waals surface area contributed by atoms with Crippen LogP contribution in [0.3, 0.4) is 0 Å². The first-order chi connectivity index (χ1) is 11.4. The molecule has 7 nitrogen and oxygen atoms in total. The molecule has 126 valence electrons. The van der Waals surface area contributed by atoms with Crippen molar-refractivity contribution in [2.75, 3.05) is 11.8 Å². The molecule has 2 aromatic carbocycles. The molecule has 0 atom stereocenters. The Morgan fingerprint density at radius 1 is 1.12 bits per heavy atom. The smallest absolute Gasteiger partial charge is 0.271 e. The second-order valence-corrected chi connectivity index (χ2v) is 7.21. The second kappa shape index (κ2) is 6.12. The summed E-state index contributed by atoms with van der Waals surface area (Å²) in [6.07, 6.45) is 2.84. The average molecular weight is 348 g/mol. The molecule has 0 aliphatic heterocycles. The molecule has 0 bridgehead atoms. The summed E-state index contributed by atoms with van der Waals surface area (Å²) in [6.45, 7) is 0. The third-order valence-electron chi connectivity index (χ3n) is 4.02. The van der Waals surface area contributed by atoms with E-state index in [1.54, 1.807) is 12.1 Å². The first-order valence-corrected chi connectivity index (χ1v) is 8.86. The van der Waals surface area contributed by atoms with E-state index < -0.39 is 14.9 Å². The molecule has 0 aromatic heterocycles. The van der Waals surface area contributed by atoms with Gasteiger partial charge in [0.1, 0.15) is 5.75 Å². The highest BCUT2D eigenvalue weighted by Gasteiger charge is 2.21. The number of nitro groups is 1. The summed E-state index contributed by atoms with van der Waals surface area (Å²) in [5, 5.41) is 10.9. The fourth-order valence-electron chi connectivity index (χ4n) is 2.81. The van der Waals surface area contributed by atoms with Gasteiger partial charge in [-0.25, -0.2) is 8.42 Å². The highest BCUT2D eigenvalue weighted by Crippen LogP contribution is 2.32. The largest absolute Gasteiger partial charge is 0.495 e. The van der Waals surface area contributed by atoms with Crippen LogP contribution in [0.2, 0.25) is 0 Å². The Labute approximate surface area is 139 Å². The zero-order valence-corrected chi connectivity index (χ0v) is 13.8. The first kappa shape index (κ1) is 16.3. The Hall–Kier alpha value is -2.61. The van der Waals surface area contributed by atoms with E-state index >= 15 is 0 Å². The van der Waals surface area contributed by atoms with Crippen molar-refractivity contribution in [3.63, 3.8) is 0 Å². The molecule has 0 saturated carbocycles. The number of nitrogens with one attached hydrogen (secondary N) is 1. The molecular formula is C16H16N2O5S. The molecule has 1 aliphatic carbocycles. The van der Waals surface area contributed by atoms with Gasteiger partial charge in [-0.2, -0.15) is 0 Å². The van der Waals surface area contributed by atoms with Crippen LogP contribution in [0.15, 0.2) is 41.3 Å². The number of benzene rings is 2. The van der Waals surface area contributed by atoms with Crippen molar-refractivity contribution in [1.29, 1.82) is 0 Å². The van der Waals surface area contributed by atoms with Gasteiger partial charge < -0.3 is 4.74 Å². The maximum absolute atomic E-state index is 12.6. The summed E-state index contributed by atoms with van der Waals surface area (Å²) in [5.41, 5.74) is 2.01. The van der Waals surface area contributed by atoms with Crippen LogP contribution in [0, 0.1) is 10.1 Å². The van der Waals surface area contributed by atoms with Gasteiger partial charge in [-0.1, -0.05) is 6.07 Å². The van der Waals surface area contributed by atoms with E-state index in [-0.39, 0.29) is 22.0 Å². The topological polar surface area (TPSA) is 98.5 Å². The van der Waals surface area contributed by atoms with E-state index in [9.17, 15) is 18.5 Å². The zero-order chi connectivity index (χ0) is 17.3. The number of ether oxygens (including phenoxy) is 1. The molecule has 0 radical (unpaired) electrons. The van der Waals surface area contributed by atoms with Gasteiger partial charge in [0.2, 0.25) is 0 Å². The molecule has 3 rings (SSSR count).